The molecule has 3 aromatic rings. The maximum absolute atomic E-state index is 11.3. The summed E-state index contributed by atoms with van der Waals surface area (Å²) in [5.74, 6) is 0.609. The number of fused-ring (bicyclic) bond motifs is 1. The monoisotopic (exact) mass is 251 g/mol. The Kier molecular flexibility index (Phi) is 2.67. The highest BCUT2D eigenvalue weighted by atomic mass is 16.3. The third-order valence-electron chi connectivity index (χ3n) is 3.09. The summed E-state index contributed by atoms with van der Waals surface area (Å²) in [6, 6.07) is 13.3. The minimum atomic E-state index is 0.0294. The Labute approximate surface area is 110 Å². The first-order chi connectivity index (χ1) is 9.13. The molecule has 0 fully saturated rings. The largest absolute Gasteiger partial charge is 0.436 e. The van der Waals surface area contributed by atoms with E-state index in [1.54, 1.807) is 25.1 Å². The second kappa shape index (κ2) is 4.35. The van der Waals surface area contributed by atoms with E-state index < -0.39 is 0 Å². The number of ketones is 1. The molecule has 0 spiro atoms. The first kappa shape index (κ1) is 11.7. The second-order valence-electron chi connectivity index (χ2n) is 4.62. The number of benzene rings is 2. The van der Waals surface area contributed by atoms with E-state index in [1.807, 2.05) is 31.2 Å². The lowest BCUT2D eigenvalue weighted by Crippen LogP contribution is -1.90. The Balaban J connectivity index is 2.11. The first-order valence-electron chi connectivity index (χ1n) is 6.12. The molecule has 3 heteroatoms. The number of carbonyl (C=O) groups excluding carboxylic acids is 1. The molecule has 0 unspecified atom stereocenters. The number of rotatable bonds is 2. The van der Waals surface area contributed by atoms with Crippen LogP contribution in [0.15, 0.2) is 46.9 Å². The van der Waals surface area contributed by atoms with Gasteiger partial charge in [-0.1, -0.05) is 17.7 Å². The van der Waals surface area contributed by atoms with E-state index in [4.69, 9.17) is 4.42 Å². The van der Waals surface area contributed by atoms with Crippen LogP contribution < -0.4 is 0 Å². The predicted octanol–water partition coefficient (Wildman–Crippen LogP) is 4.01. The molecule has 3 nitrogen and oxygen atoms in total. The van der Waals surface area contributed by atoms with Gasteiger partial charge in [-0.15, -0.1) is 0 Å². The summed E-state index contributed by atoms with van der Waals surface area (Å²) in [5, 5.41) is 0. The third-order valence-corrected chi connectivity index (χ3v) is 3.09. The Morgan fingerprint density at radius 3 is 2.53 bits per heavy atom. The molecule has 0 saturated heterocycles. The van der Waals surface area contributed by atoms with E-state index in [0.29, 0.717) is 22.6 Å². The maximum atomic E-state index is 11.3. The fourth-order valence-electron chi connectivity index (χ4n) is 1.97. The van der Waals surface area contributed by atoms with Crippen LogP contribution in [0.4, 0.5) is 0 Å². The molecule has 0 radical (unpaired) electrons. The summed E-state index contributed by atoms with van der Waals surface area (Å²) in [5.41, 5.74) is 4.19. The zero-order valence-corrected chi connectivity index (χ0v) is 10.8. The zero-order valence-electron chi connectivity index (χ0n) is 10.8. The van der Waals surface area contributed by atoms with Crippen LogP contribution in [-0.4, -0.2) is 10.8 Å². The van der Waals surface area contributed by atoms with Crippen LogP contribution >= 0.6 is 0 Å². The molecular weight excluding hydrogens is 238 g/mol. The van der Waals surface area contributed by atoms with Crippen molar-refractivity contribution in [2.24, 2.45) is 0 Å². The zero-order chi connectivity index (χ0) is 13.4. The highest BCUT2D eigenvalue weighted by molar-refractivity contribution is 5.97. The maximum Gasteiger partial charge on any atom is 0.227 e. The molecule has 19 heavy (non-hydrogen) atoms. The van der Waals surface area contributed by atoms with Crippen LogP contribution in [0.25, 0.3) is 22.6 Å². The Bertz CT molecular complexity index is 754. The number of carbonyl (C=O) groups is 1. The SMILES string of the molecule is CC(=O)c1ccc2oc(-c3ccc(C)cc3)nc2c1. The lowest BCUT2D eigenvalue weighted by atomic mass is 10.1. The van der Waals surface area contributed by atoms with Crippen molar-refractivity contribution in [3.05, 3.63) is 53.6 Å². The van der Waals surface area contributed by atoms with E-state index >= 15 is 0 Å². The Morgan fingerprint density at radius 2 is 1.84 bits per heavy atom. The summed E-state index contributed by atoms with van der Waals surface area (Å²) in [6.07, 6.45) is 0. The first-order valence-corrected chi connectivity index (χ1v) is 6.12. The molecule has 94 valence electrons. The minimum absolute atomic E-state index is 0.0294. The van der Waals surface area contributed by atoms with E-state index in [1.165, 1.54) is 5.56 Å². The van der Waals surface area contributed by atoms with E-state index in [-0.39, 0.29) is 5.78 Å². The second-order valence-corrected chi connectivity index (χ2v) is 4.62. The highest BCUT2D eigenvalue weighted by Crippen LogP contribution is 2.25. The molecule has 0 atom stereocenters. The summed E-state index contributed by atoms with van der Waals surface area (Å²) in [7, 11) is 0. The van der Waals surface area contributed by atoms with Gasteiger partial charge >= 0.3 is 0 Å². The van der Waals surface area contributed by atoms with E-state index in [9.17, 15) is 4.79 Å². The topological polar surface area (TPSA) is 43.1 Å². The van der Waals surface area contributed by atoms with Gasteiger partial charge in [-0.05, 0) is 44.2 Å². The van der Waals surface area contributed by atoms with Gasteiger partial charge in [-0.25, -0.2) is 4.98 Å². The fourth-order valence-corrected chi connectivity index (χ4v) is 1.97. The Hall–Kier alpha value is -2.42. The van der Waals surface area contributed by atoms with Crippen LogP contribution in [0.2, 0.25) is 0 Å². The Morgan fingerprint density at radius 1 is 1.11 bits per heavy atom. The van der Waals surface area contributed by atoms with Crippen LogP contribution in [-0.2, 0) is 0 Å². The summed E-state index contributed by atoms with van der Waals surface area (Å²) < 4.78 is 5.71. The van der Waals surface area contributed by atoms with Crippen LogP contribution in [0, 0.1) is 6.92 Å². The van der Waals surface area contributed by atoms with Gasteiger partial charge in [0.25, 0.3) is 0 Å². The van der Waals surface area contributed by atoms with Crippen molar-refractivity contribution in [1.29, 1.82) is 0 Å². The number of aromatic nitrogens is 1. The van der Waals surface area contributed by atoms with Crippen molar-refractivity contribution in [2.45, 2.75) is 13.8 Å². The number of nitrogens with zero attached hydrogens (tertiary/aromatic N) is 1. The molecule has 3 rings (SSSR count). The molecule has 0 aliphatic rings. The molecule has 0 N–H and O–H groups in total. The standard InChI is InChI=1S/C16H13NO2/c1-10-3-5-12(6-4-10)16-17-14-9-13(11(2)18)7-8-15(14)19-16/h3-9H,1-2H3. The van der Waals surface area contributed by atoms with Crippen LogP contribution in [0.1, 0.15) is 22.8 Å². The molecule has 0 bridgehead atoms. The van der Waals surface area contributed by atoms with Gasteiger partial charge in [0, 0.05) is 11.1 Å². The van der Waals surface area contributed by atoms with Crippen LogP contribution in [0.3, 0.4) is 0 Å². The van der Waals surface area contributed by atoms with E-state index in [2.05, 4.69) is 4.98 Å². The number of hydrogen-bond donors (Lipinski definition) is 0. The number of Topliss-reactive ketones (excluding diaryl/α,β-unsaturated/α-hetero) is 1. The van der Waals surface area contributed by atoms with Gasteiger partial charge in [0.05, 0.1) is 0 Å². The van der Waals surface area contributed by atoms with Crippen LogP contribution in [0.5, 0.6) is 0 Å². The smallest absolute Gasteiger partial charge is 0.227 e. The molecule has 1 heterocycles. The van der Waals surface area contributed by atoms with Gasteiger partial charge in [0.15, 0.2) is 11.4 Å². The molecular formula is C16H13NO2. The molecule has 2 aromatic carbocycles. The lowest BCUT2D eigenvalue weighted by Gasteiger charge is -1.95. The molecule has 0 aliphatic carbocycles. The van der Waals surface area contributed by atoms with Crippen molar-refractivity contribution in [3.63, 3.8) is 0 Å². The average Bonchev–Trinajstić information content (AvgIpc) is 2.82. The van der Waals surface area contributed by atoms with Crippen molar-refractivity contribution >= 4 is 16.9 Å². The highest BCUT2D eigenvalue weighted by Gasteiger charge is 2.09. The quantitative estimate of drug-likeness (QED) is 0.646. The molecule has 0 aliphatic heterocycles. The summed E-state index contributed by atoms with van der Waals surface area (Å²) in [4.78, 5) is 15.8. The van der Waals surface area contributed by atoms with Gasteiger partial charge in [-0.2, -0.15) is 0 Å². The van der Waals surface area contributed by atoms with Gasteiger partial charge in [0.1, 0.15) is 5.52 Å². The molecule has 1 aromatic heterocycles. The number of aryl methyl sites for hydroxylation is 1. The van der Waals surface area contributed by atoms with Gasteiger partial charge in [-0.3, -0.25) is 4.79 Å². The third kappa shape index (κ3) is 2.15. The number of hydrogen-bond acceptors (Lipinski definition) is 3. The van der Waals surface area contributed by atoms with Crippen molar-refractivity contribution in [2.75, 3.05) is 0 Å². The summed E-state index contributed by atoms with van der Waals surface area (Å²) >= 11 is 0. The number of oxazole rings is 1. The predicted molar refractivity (Wildman–Crippen MR) is 74.2 cm³/mol. The molecule has 0 amide bonds. The minimum Gasteiger partial charge on any atom is -0.436 e. The van der Waals surface area contributed by atoms with Gasteiger partial charge < -0.3 is 4.42 Å². The van der Waals surface area contributed by atoms with Gasteiger partial charge in [0.2, 0.25) is 5.89 Å². The average molecular weight is 251 g/mol. The fraction of sp³-hybridized carbons (Fsp3) is 0.125. The molecule has 0 saturated carbocycles. The summed E-state index contributed by atoms with van der Waals surface area (Å²) in [6.45, 7) is 3.58. The van der Waals surface area contributed by atoms with Crippen molar-refractivity contribution in [3.8, 4) is 11.5 Å². The van der Waals surface area contributed by atoms with E-state index in [0.717, 1.165) is 5.56 Å². The van der Waals surface area contributed by atoms with Crippen molar-refractivity contribution in [1.82, 2.24) is 4.98 Å². The lowest BCUT2D eigenvalue weighted by molar-refractivity contribution is 0.101. The van der Waals surface area contributed by atoms with Crippen molar-refractivity contribution < 1.29 is 9.21 Å². The normalized spacial score (nSPS) is 10.8.